The highest BCUT2D eigenvalue weighted by Crippen LogP contribution is 2.36. The van der Waals surface area contributed by atoms with E-state index in [1.54, 1.807) is 12.5 Å². The van der Waals surface area contributed by atoms with Crippen molar-refractivity contribution in [2.45, 2.75) is 37.9 Å². The van der Waals surface area contributed by atoms with Crippen LogP contribution in [-0.4, -0.2) is 18.0 Å². The van der Waals surface area contributed by atoms with E-state index in [9.17, 15) is 8.42 Å². The molecule has 0 saturated heterocycles. The number of hydrogen-bond acceptors (Lipinski definition) is 4. The number of aromatic nitrogens is 2. The molecule has 3 aromatic rings. The fourth-order valence-electron chi connectivity index (χ4n) is 2.96. The lowest BCUT2D eigenvalue weighted by molar-refractivity contribution is 0.600. The molecule has 0 aliphatic carbocycles. The first-order chi connectivity index (χ1) is 12.2. The maximum absolute atomic E-state index is 12.1. The normalized spacial score (nSPS) is 12.0. The molecule has 7 heteroatoms. The van der Waals surface area contributed by atoms with Gasteiger partial charge in [0.2, 0.25) is 10.0 Å². The molecular weight excluding hydrogens is 366 g/mol. The van der Waals surface area contributed by atoms with Crippen LogP contribution in [0.3, 0.4) is 0 Å². The van der Waals surface area contributed by atoms with Crippen molar-refractivity contribution in [3.8, 4) is 11.1 Å². The Morgan fingerprint density at radius 1 is 1.27 bits per heavy atom. The van der Waals surface area contributed by atoms with Gasteiger partial charge in [0.25, 0.3) is 0 Å². The molecule has 0 atom stereocenters. The van der Waals surface area contributed by atoms with Crippen LogP contribution in [0.4, 0.5) is 0 Å². The lowest BCUT2D eigenvalue weighted by Gasteiger charge is -2.10. The Hall–Kier alpha value is -1.96. The molecule has 0 aliphatic heterocycles. The van der Waals surface area contributed by atoms with Gasteiger partial charge >= 0.3 is 0 Å². The standard InChI is InChI=1S/C19H23N3O2S2/c1-13(2)8-17-10-18(19(25-17)26(20,23)24)15-4-5-16(14(3)9-15)11-22-7-6-21-12-22/h4-7,9-10,12-13H,8,11H2,1-3H3,(H2,20,23,24). The highest BCUT2D eigenvalue weighted by Gasteiger charge is 2.20. The zero-order chi connectivity index (χ0) is 18.9. The van der Waals surface area contributed by atoms with Crippen LogP contribution < -0.4 is 5.14 Å². The molecule has 0 aliphatic rings. The predicted octanol–water partition coefficient (Wildman–Crippen LogP) is 3.81. The minimum Gasteiger partial charge on any atom is -0.333 e. The van der Waals surface area contributed by atoms with E-state index in [0.29, 0.717) is 11.5 Å². The molecule has 26 heavy (non-hydrogen) atoms. The summed E-state index contributed by atoms with van der Waals surface area (Å²) in [5.74, 6) is 0.453. The first-order valence-corrected chi connectivity index (χ1v) is 10.8. The Kier molecular flexibility index (Phi) is 5.32. The number of nitrogens with zero attached hydrogens (tertiary/aromatic N) is 2. The molecule has 0 amide bonds. The molecule has 0 radical (unpaired) electrons. The van der Waals surface area contributed by atoms with Crippen LogP contribution in [0.5, 0.6) is 0 Å². The Morgan fingerprint density at radius 3 is 2.62 bits per heavy atom. The maximum Gasteiger partial charge on any atom is 0.248 e. The van der Waals surface area contributed by atoms with Crippen molar-refractivity contribution in [2.24, 2.45) is 11.1 Å². The average molecular weight is 390 g/mol. The fraction of sp³-hybridized carbons (Fsp3) is 0.316. The number of thiophene rings is 1. The summed E-state index contributed by atoms with van der Waals surface area (Å²) in [6.45, 7) is 7.00. The lowest BCUT2D eigenvalue weighted by atomic mass is 10.0. The minimum absolute atomic E-state index is 0.245. The minimum atomic E-state index is -3.75. The summed E-state index contributed by atoms with van der Waals surface area (Å²) >= 11 is 1.28. The molecule has 5 nitrogen and oxygen atoms in total. The Morgan fingerprint density at radius 2 is 2.04 bits per heavy atom. The molecule has 138 valence electrons. The number of hydrogen-bond donors (Lipinski definition) is 1. The number of benzene rings is 1. The summed E-state index contributed by atoms with van der Waals surface area (Å²) in [5.41, 5.74) is 3.85. The fourth-order valence-corrected chi connectivity index (χ4v) is 5.34. The molecule has 0 fully saturated rings. The van der Waals surface area contributed by atoms with Gasteiger partial charge in [-0.05, 0) is 42.0 Å². The largest absolute Gasteiger partial charge is 0.333 e. The zero-order valence-electron chi connectivity index (χ0n) is 15.1. The molecule has 2 heterocycles. The SMILES string of the molecule is Cc1cc(-c2cc(CC(C)C)sc2S(N)(=O)=O)ccc1Cn1ccnc1. The third kappa shape index (κ3) is 4.23. The Bertz CT molecular complexity index is 1000. The maximum atomic E-state index is 12.1. The van der Waals surface area contributed by atoms with Crippen molar-refractivity contribution < 1.29 is 8.42 Å². The third-order valence-corrected chi connectivity index (χ3v) is 6.82. The number of imidazole rings is 1. The van der Waals surface area contributed by atoms with Gasteiger partial charge in [-0.25, -0.2) is 18.5 Å². The van der Waals surface area contributed by atoms with Crippen molar-refractivity contribution >= 4 is 21.4 Å². The van der Waals surface area contributed by atoms with E-state index in [1.807, 2.05) is 42.0 Å². The third-order valence-electron chi connectivity index (χ3n) is 4.18. The number of primary sulfonamides is 1. The van der Waals surface area contributed by atoms with E-state index in [0.717, 1.165) is 29.0 Å². The van der Waals surface area contributed by atoms with Crippen molar-refractivity contribution in [2.75, 3.05) is 0 Å². The summed E-state index contributed by atoms with van der Waals surface area (Å²) < 4.78 is 26.4. The first-order valence-electron chi connectivity index (χ1n) is 8.45. The van der Waals surface area contributed by atoms with E-state index in [-0.39, 0.29) is 4.21 Å². The van der Waals surface area contributed by atoms with Crippen LogP contribution in [0.1, 0.15) is 29.9 Å². The van der Waals surface area contributed by atoms with Crippen molar-refractivity contribution in [3.63, 3.8) is 0 Å². The van der Waals surface area contributed by atoms with Gasteiger partial charge in [-0.3, -0.25) is 0 Å². The van der Waals surface area contributed by atoms with Gasteiger partial charge in [-0.15, -0.1) is 11.3 Å². The summed E-state index contributed by atoms with van der Waals surface area (Å²) in [4.78, 5) is 5.10. The van der Waals surface area contributed by atoms with Gasteiger partial charge in [0, 0.05) is 29.4 Å². The second-order valence-corrected chi connectivity index (χ2v) is 9.83. The van der Waals surface area contributed by atoms with Crippen molar-refractivity contribution in [3.05, 3.63) is 59.0 Å². The average Bonchev–Trinajstić information content (AvgIpc) is 3.18. The molecule has 0 unspecified atom stereocenters. The van der Waals surface area contributed by atoms with E-state index in [2.05, 4.69) is 18.8 Å². The molecule has 2 aromatic heterocycles. The van der Waals surface area contributed by atoms with Gasteiger partial charge < -0.3 is 4.57 Å². The van der Waals surface area contributed by atoms with Crippen LogP contribution in [0.2, 0.25) is 0 Å². The van der Waals surface area contributed by atoms with Crippen molar-refractivity contribution in [1.29, 1.82) is 0 Å². The topological polar surface area (TPSA) is 78.0 Å². The van der Waals surface area contributed by atoms with Gasteiger partial charge in [-0.2, -0.15) is 0 Å². The second-order valence-electron chi connectivity index (χ2n) is 6.93. The summed E-state index contributed by atoms with van der Waals surface area (Å²) in [6, 6.07) is 8.00. The Balaban J connectivity index is 2.00. The van der Waals surface area contributed by atoms with E-state index in [4.69, 9.17) is 5.14 Å². The lowest BCUT2D eigenvalue weighted by Crippen LogP contribution is -2.11. The number of aryl methyl sites for hydroxylation is 1. The molecule has 3 rings (SSSR count). The predicted molar refractivity (Wildman–Crippen MR) is 106 cm³/mol. The van der Waals surface area contributed by atoms with Gasteiger partial charge in [0.1, 0.15) is 4.21 Å². The van der Waals surface area contributed by atoms with E-state index < -0.39 is 10.0 Å². The van der Waals surface area contributed by atoms with E-state index in [1.165, 1.54) is 16.9 Å². The highest BCUT2D eigenvalue weighted by atomic mass is 32.2. The summed E-state index contributed by atoms with van der Waals surface area (Å²) in [6.07, 6.45) is 6.29. The highest BCUT2D eigenvalue weighted by molar-refractivity contribution is 7.91. The molecule has 0 saturated carbocycles. The smallest absolute Gasteiger partial charge is 0.248 e. The van der Waals surface area contributed by atoms with Gasteiger partial charge in [-0.1, -0.05) is 32.0 Å². The summed E-state index contributed by atoms with van der Waals surface area (Å²) in [7, 11) is -3.75. The monoisotopic (exact) mass is 389 g/mol. The zero-order valence-corrected chi connectivity index (χ0v) is 16.8. The van der Waals surface area contributed by atoms with Gasteiger partial charge in [0.05, 0.1) is 6.33 Å². The van der Waals surface area contributed by atoms with Crippen LogP contribution in [0, 0.1) is 12.8 Å². The Labute approximate surface area is 158 Å². The van der Waals surface area contributed by atoms with E-state index >= 15 is 0 Å². The quantitative estimate of drug-likeness (QED) is 0.696. The van der Waals surface area contributed by atoms with Crippen molar-refractivity contribution in [1.82, 2.24) is 9.55 Å². The van der Waals surface area contributed by atoms with Crippen LogP contribution >= 0.6 is 11.3 Å². The van der Waals surface area contributed by atoms with Crippen LogP contribution in [-0.2, 0) is 23.0 Å². The molecule has 1 aromatic carbocycles. The van der Waals surface area contributed by atoms with Gasteiger partial charge in [0.15, 0.2) is 0 Å². The second kappa shape index (κ2) is 7.34. The van der Waals surface area contributed by atoms with Crippen LogP contribution in [0.25, 0.3) is 11.1 Å². The molecule has 0 spiro atoms. The van der Waals surface area contributed by atoms with Crippen LogP contribution in [0.15, 0.2) is 47.2 Å². The molecular formula is C19H23N3O2S2. The molecule has 2 N–H and O–H groups in total. The number of sulfonamides is 1. The number of nitrogens with two attached hydrogens (primary N) is 1. The summed E-state index contributed by atoms with van der Waals surface area (Å²) in [5, 5.41) is 5.47. The number of rotatable bonds is 6. The molecule has 0 bridgehead atoms. The first kappa shape index (κ1) is 18.8.